The van der Waals surface area contributed by atoms with Gasteiger partial charge in [-0.25, -0.2) is 0 Å². The summed E-state index contributed by atoms with van der Waals surface area (Å²) in [5.74, 6) is -1.37. The molecule has 3 fully saturated rings. The average molecular weight is 474 g/mol. The molecule has 2 heterocycles. The Balaban J connectivity index is 1.76. The molecule has 3 N–H and O–H groups in total. The van der Waals surface area contributed by atoms with Gasteiger partial charge in [0.25, 0.3) is 0 Å². The van der Waals surface area contributed by atoms with Crippen LogP contribution in [0.25, 0.3) is 0 Å². The SMILES string of the molecule is CC(=O)N[C@H](C(=O)N1CC2(CCC2)CC1C(=O)N[C@H](C#N)C[C@@H]1CC(C)(C)NC1=O)C(C)(C)C. The number of nitrogens with one attached hydrogen (secondary N) is 3. The zero-order valence-corrected chi connectivity index (χ0v) is 21.3. The lowest BCUT2D eigenvalue weighted by Gasteiger charge is -2.39. The average Bonchev–Trinajstić information content (AvgIpc) is 3.21. The number of nitriles is 1. The summed E-state index contributed by atoms with van der Waals surface area (Å²) in [7, 11) is 0. The summed E-state index contributed by atoms with van der Waals surface area (Å²) in [5, 5.41) is 18.2. The Kier molecular flexibility index (Phi) is 7.03. The molecule has 1 spiro atoms. The predicted octanol–water partition coefficient (Wildman–Crippen LogP) is 1.62. The van der Waals surface area contributed by atoms with E-state index in [1.54, 1.807) is 4.90 Å². The number of carbonyl (C=O) groups is 4. The van der Waals surface area contributed by atoms with Gasteiger partial charge in [-0.2, -0.15) is 5.26 Å². The Labute approximate surface area is 202 Å². The van der Waals surface area contributed by atoms with Crippen LogP contribution < -0.4 is 16.0 Å². The third-order valence-electron chi connectivity index (χ3n) is 7.55. The van der Waals surface area contributed by atoms with Gasteiger partial charge >= 0.3 is 0 Å². The number of likely N-dealkylation sites (tertiary alicyclic amines) is 1. The van der Waals surface area contributed by atoms with Crippen molar-refractivity contribution in [1.82, 2.24) is 20.9 Å². The molecule has 1 aliphatic carbocycles. The van der Waals surface area contributed by atoms with Crippen LogP contribution in [-0.2, 0) is 19.2 Å². The van der Waals surface area contributed by atoms with Crippen molar-refractivity contribution in [3.8, 4) is 6.07 Å². The van der Waals surface area contributed by atoms with Crippen LogP contribution in [0, 0.1) is 28.1 Å². The molecule has 2 saturated heterocycles. The maximum atomic E-state index is 13.6. The normalized spacial score (nSPS) is 26.7. The van der Waals surface area contributed by atoms with E-state index < -0.39 is 23.5 Å². The highest BCUT2D eigenvalue weighted by Crippen LogP contribution is 2.50. The van der Waals surface area contributed by atoms with Gasteiger partial charge in [0.1, 0.15) is 18.1 Å². The lowest BCUT2D eigenvalue weighted by molar-refractivity contribution is -0.144. The van der Waals surface area contributed by atoms with Crippen molar-refractivity contribution in [2.75, 3.05) is 6.54 Å². The molecule has 9 nitrogen and oxygen atoms in total. The summed E-state index contributed by atoms with van der Waals surface area (Å²) in [6, 6.07) is -0.150. The van der Waals surface area contributed by atoms with E-state index in [1.165, 1.54) is 6.92 Å². The molecule has 0 radical (unpaired) electrons. The first-order valence-corrected chi connectivity index (χ1v) is 12.3. The second kappa shape index (κ2) is 9.20. The van der Waals surface area contributed by atoms with Gasteiger partial charge in [-0.1, -0.05) is 27.2 Å². The minimum Gasteiger partial charge on any atom is -0.351 e. The maximum absolute atomic E-state index is 13.6. The Hall–Kier alpha value is -2.63. The Morgan fingerprint density at radius 3 is 2.29 bits per heavy atom. The van der Waals surface area contributed by atoms with Gasteiger partial charge in [-0.3, -0.25) is 19.2 Å². The van der Waals surface area contributed by atoms with Gasteiger partial charge < -0.3 is 20.9 Å². The monoisotopic (exact) mass is 473 g/mol. The van der Waals surface area contributed by atoms with Crippen molar-refractivity contribution in [2.24, 2.45) is 16.7 Å². The Bertz CT molecular complexity index is 896. The van der Waals surface area contributed by atoms with Gasteiger partial charge in [0.05, 0.1) is 6.07 Å². The van der Waals surface area contributed by atoms with Crippen molar-refractivity contribution in [1.29, 1.82) is 5.26 Å². The van der Waals surface area contributed by atoms with Crippen LogP contribution in [0.3, 0.4) is 0 Å². The highest BCUT2D eigenvalue weighted by molar-refractivity contribution is 5.93. The molecule has 0 aromatic carbocycles. The van der Waals surface area contributed by atoms with E-state index in [0.29, 0.717) is 19.4 Å². The lowest BCUT2D eigenvalue weighted by Crippen LogP contribution is -2.58. The minimum absolute atomic E-state index is 0.0756. The number of hydrogen-bond donors (Lipinski definition) is 3. The van der Waals surface area contributed by atoms with Crippen molar-refractivity contribution >= 4 is 23.6 Å². The van der Waals surface area contributed by atoms with Crippen molar-refractivity contribution in [3.63, 3.8) is 0 Å². The molecule has 0 aromatic heterocycles. The fourth-order valence-corrected chi connectivity index (χ4v) is 5.66. The van der Waals surface area contributed by atoms with Crippen molar-refractivity contribution in [2.45, 2.75) is 104 Å². The van der Waals surface area contributed by atoms with E-state index >= 15 is 0 Å². The first kappa shape index (κ1) is 26.0. The van der Waals surface area contributed by atoms with Crippen LogP contribution in [-0.4, -0.2) is 58.7 Å². The molecule has 4 amide bonds. The zero-order chi connectivity index (χ0) is 25.5. The molecular formula is C25H39N5O4. The molecule has 0 bridgehead atoms. The van der Waals surface area contributed by atoms with Gasteiger partial charge in [0, 0.05) is 24.9 Å². The van der Waals surface area contributed by atoms with Gasteiger partial charge in [0.2, 0.25) is 23.6 Å². The van der Waals surface area contributed by atoms with E-state index in [9.17, 15) is 24.4 Å². The number of amides is 4. The topological polar surface area (TPSA) is 131 Å². The quantitative estimate of drug-likeness (QED) is 0.539. The molecule has 9 heteroatoms. The number of hydrogen-bond acceptors (Lipinski definition) is 5. The molecule has 0 aromatic rings. The van der Waals surface area contributed by atoms with Crippen molar-refractivity contribution in [3.05, 3.63) is 0 Å². The molecule has 1 unspecified atom stereocenters. The van der Waals surface area contributed by atoms with Crippen molar-refractivity contribution < 1.29 is 19.2 Å². The van der Waals surface area contributed by atoms with Crippen LogP contribution in [0.15, 0.2) is 0 Å². The first-order valence-electron chi connectivity index (χ1n) is 12.3. The van der Waals surface area contributed by atoms with Crippen LogP contribution in [0.4, 0.5) is 0 Å². The molecule has 188 valence electrons. The van der Waals surface area contributed by atoms with Crippen LogP contribution in [0.2, 0.25) is 0 Å². The smallest absolute Gasteiger partial charge is 0.246 e. The molecule has 3 aliphatic rings. The molecule has 4 atom stereocenters. The molecular weight excluding hydrogens is 434 g/mol. The maximum Gasteiger partial charge on any atom is 0.246 e. The summed E-state index contributed by atoms with van der Waals surface area (Å²) in [4.78, 5) is 52.7. The van der Waals surface area contributed by atoms with E-state index in [2.05, 4.69) is 22.0 Å². The Morgan fingerprint density at radius 2 is 1.85 bits per heavy atom. The summed E-state index contributed by atoms with van der Waals surface area (Å²) in [6.45, 7) is 11.4. The molecule has 3 rings (SSSR count). The van der Waals surface area contributed by atoms with Gasteiger partial charge in [0.15, 0.2) is 0 Å². The summed E-state index contributed by atoms with van der Waals surface area (Å²) < 4.78 is 0. The fraction of sp³-hybridized carbons (Fsp3) is 0.800. The molecule has 34 heavy (non-hydrogen) atoms. The largest absolute Gasteiger partial charge is 0.351 e. The first-order chi connectivity index (χ1) is 15.7. The zero-order valence-electron chi connectivity index (χ0n) is 21.3. The second-order valence-corrected chi connectivity index (χ2v) is 12.2. The van der Waals surface area contributed by atoms with E-state index in [4.69, 9.17) is 0 Å². The summed E-state index contributed by atoms with van der Waals surface area (Å²) in [6.07, 6.45) is 4.37. The van der Waals surface area contributed by atoms with Crippen LogP contribution >= 0.6 is 0 Å². The van der Waals surface area contributed by atoms with E-state index in [-0.39, 0.29) is 46.9 Å². The third-order valence-corrected chi connectivity index (χ3v) is 7.55. The third kappa shape index (κ3) is 5.53. The second-order valence-electron chi connectivity index (χ2n) is 12.2. The van der Waals surface area contributed by atoms with Crippen LogP contribution in [0.5, 0.6) is 0 Å². The standard InChI is InChI=1S/C25H39N5O4/c1-15(31)27-19(23(2,3)4)22(34)30-14-25(8-7-9-25)12-18(30)21(33)28-17(13-26)10-16-11-24(5,6)29-20(16)32/h16-19H,7-12,14H2,1-6H3,(H,27,31)(H,28,33)(H,29,32)/t16-,17+,18?,19-/m1/s1. The highest BCUT2D eigenvalue weighted by Gasteiger charge is 2.53. The van der Waals surface area contributed by atoms with E-state index in [0.717, 1.165) is 19.3 Å². The lowest BCUT2D eigenvalue weighted by atomic mass is 9.67. The van der Waals surface area contributed by atoms with Gasteiger partial charge in [-0.15, -0.1) is 0 Å². The van der Waals surface area contributed by atoms with E-state index in [1.807, 2.05) is 34.6 Å². The van der Waals surface area contributed by atoms with Gasteiger partial charge in [-0.05, 0) is 56.8 Å². The minimum atomic E-state index is -0.819. The Morgan fingerprint density at radius 1 is 1.21 bits per heavy atom. The number of rotatable bonds is 6. The molecule has 1 saturated carbocycles. The highest BCUT2D eigenvalue weighted by atomic mass is 16.2. The summed E-state index contributed by atoms with van der Waals surface area (Å²) >= 11 is 0. The number of nitrogens with zero attached hydrogens (tertiary/aromatic N) is 2. The molecule has 2 aliphatic heterocycles. The summed E-state index contributed by atoms with van der Waals surface area (Å²) in [5.41, 5.74) is -0.937. The predicted molar refractivity (Wildman–Crippen MR) is 126 cm³/mol. The number of carbonyl (C=O) groups excluding carboxylic acids is 4. The fourth-order valence-electron chi connectivity index (χ4n) is 5.66. The van der Waals surface area contributed by atoms with Crippen LogP contribution in [0.1, 0.15) is 80.1 Å².